The number of carbonyl (C=O) groups is 1. The number of rotatable bonds is 6. The first-order chi connectivity index (χ1) is 10.7. The zero-order chi connectivity index (χ0) is 15.9. The molecule has 1 amide bonds. The third-order valence-electron chi connectivity index (χ3n) is 3.93. The molecule has 0 spiro atoms. The van der Waals surface area contributed by atoms with Crippen LogP contribution >= 0.6 is 12.4 Å². The third kappa shape index (κ3) is 5.27. The first-order valence-electron chi connectivity index (χ1n) is 7.53. The molecule has 1 aromatic carbocycles. The SMILES string of the molecule is CNCC(=O)N1CCN(Cc2cc(OC)ccc2OC)CC1.Cl. The van der Waals surface area contributed by atoms with E-state index in [0.717, 1.165) is 49.8 Å². The Hall–Kier alpha value is -1.50. The molecule has 7 heteroatoms. The third-order valence-corrected chi connectivity index (χ3v) is 3.93. The Kier molecular flexibility index (Phi) is 8.16. The van der Waals surface area contributed by atoms with E-state index in [1.165, 1.54) is 0 Å². The topological polar surface area (TPSA) is 54.0 Å². The number of nitrogens with zero attached hydrogens (tertiary/aromatic N) is 2. The molecule has 130 valence electrons. The van der Waals surface area contributed by atoms with E-state index in [1.807, 2.05) is 23.1 Å². The number of piperazine rings is 1. The first kappa shape index (κ1) is 19.5. The predicted octanol–water partition coefficient (Wildman–Crippen LogP) is 0.989. The van der Waals surface area contributed by atoms with Gasteiger partial charge in [0.2, 0.25) is 5.91 Å². The van der Waals surface area contributed by atoms with Crippen LogP contribution in [0.15, 0.2) is 18.2 Å². The van der Waals surface area contributed by atoms with Crippen LogP contribution in [0.4, 0.5) is 0 Å². The van der Waals surface area contributed by atoms with Crippen LogP contribution < -0.4 is 14.8 Å². The number of nitrogens with one attached hydrogen (secondary N) is 1. The number of likely N-dealkylation sites (N-methyl/N-ethyl adjacent to an activating group) is 1. The van der Waals surface area contributed by atoms with E-state index in [0.29, 0.717) is 6.54 Å². The summed E-state index contributed by atoms with van der Waals surface area (Å²) in [5, 5.41) is 2.91. The quantitative estimate of drug-likeness (QED) is 0.835. The van der Waals surface area contributed by atoms with E-state index < -0.39 is 0 Å². The van der Waals surface area contributed by atoms with Gasteiger partial charge in [-0.25, -0.2) is 0 Å². The summed E-state index contributed by atoms with van der Waals surface area (Å²) in [5.74, 6) is 1.87. The van der Waals surface area contributed by atoms with Crippen LogP contribution in [0, 0.1) is 0 Å². The fourth-order valence-electron chi connectivity index (χ4n) is 2.66. The summed E-state index contributed by atoms with van der Waals surface area (Å²) in [4.78, 5) is 16.1. The summed E-state index contributed by atoms with van der Waals surface area (Å²) >= 11 is 0. The summed E-state index contributed by atoms with van der Waals surface area (Å²) in [6, 6.07) is 5.84. The largest absolute Gasteiger partial charge is 0.497 e. The van der Waals surface area contributed by atoms with Crippen molar-refractivity contribution in [2.24, 2.45) is 0 Å². The summed E-state index contributed by atoms with van der Waals surface area (Å²) in [6.45, 7) is 4.49. The number of benzene rings is 1. The molecule has 23 heavy (non-hydrogen) atoms. The summed E-state index contributed by atoms with van der Waals surface area (Å²) in [6.07, 6.45) is 0. The van der Waals surface area contributed by atoms with Gasteiger partial charge in [-0.2, -0.15) is 0 Å². The minimum Gasteiger partial charge on any atom is -0.497 e. The normalized spacial score (nSPS) is 15.0. The second kappa shape index (κ2) is 9.60. The van der Waals surface area contributed by atoms with Gasteiger partial charge in [-0.15, -0.1) is 12.4 Å². The highest BCUT2D eigenvalue weighted by atomic mass is 35.5. The molecule has 0 saturated carbocycles. The molecule has 6 nitrogen and oxygen atoms in total. The zero-order valence-corrected chi connectivity index (χ0v) is 14.8. The van der Waals surface area contributed by atoms with Crippen LogP contribution in [-0.4, -0.2) is 69.7 Å². The van der Waals surface area contributed by atoms with Crippen molar-refractivity contribution in [3.8, 4) is 11.5 Å². The standard InChI is InChI=1S/C16H25N3O3.ClH/c1-17-11-16(20)19-8-6-18(7-9-19)12-13-10-14(21-2)4-5-15(13)22-3;/h4-5,10,17H,6-9,11-12H2,1-3H3;1H. The fraction of sp³-hybridized carbons (Fsp3) is 0.562. The van der Waals surface area contributed by atoms with Crippen molar-refractivity contribution in [3.63, 3.8) is 0 Å². The minimum absolute atomic E-state index is 0. The Balaban J connectivity index is 0.00000264. The highest BCUT2D eigenvalue weighted by Gasteiger charge is 2.21. The van der Waals surface area contributed by atoms with E-state index in [4.69, 9.17) is 9.47 Å². The highest BCUT2D eigenvalue weighted by Crippen LogP contribution is 2.25. The number of amides is 1. The van der Waals surface area contributed by atoms with Gasteiger partial charge in [-0.3, -0.25) is 9.69 Å². The van der Waals surface area contributed by atoms with Gasteiger partial charge in [-0.1, -0.05) is 0 Å². The van der Waals surface area contributed by atoms with Crippen molar-refractivity contribution in [1.82, 2.24) is 15.1 Å². The molecule has 1 saturated heterocycles. The lowest BCUT2D eigenvalue weighted by molar-refractivity contribution is -0.131. The second-order valence-corrected chi connectivity index (χ2v) is 5.37. The number of ether oxygens (including phenoxy) is 2. The molecule has 1 heterocycles. The highest BCUT2D eigenvalue weighted by molar-refractivity contribution is 5.85. The van der Waals surface area contributed by atoms with Crippen LogP contribution in [0.3, 0.4) is 0 Å². The number of halogens is 1. The smallest absolute Gasteiger partial charge is 0.236 e. The lowest BCUT2D eigenvalue weighted by atomic mass is 10.1. The first-order valence-corrected chi connectivity index (χ1v) is 7.53. The maximum absolute atomic E-state index is 11.9. The fourth-order valence-corrected chi connectivity index (χ4v) is 2.66. The molecule has 0 aliphatic carbocycles. The van der Waals surface area contributed by atoms with E-state index in [1.54, 1.807) is 21.3 Å². The second-order valence-electron chi connectivity index (χ2n) is 5.37. The minimum atomic E-state index is 0. The Morgan fingerprint density at radius 1 is 1.17 bits per heavy atom. The van der Waals surface area contributed by atoms with Crippen LogP contribution in [0.1, 0.15) is 5.56 Å². The predicted molar refractivity (Wildman–Crippen MR) is 92.6 cm³/mol. The number of hydrogen-bond donors (Lipinski definition) is 1. The van der Waals surface area contributed by atoms with Gasteiger partial charge in [-0.05, 0) is 25.2 Å². The molecule has 1 fully saturated rings. The van der Waals surface area contributed by atoms with Gasteiger partial charge >= 0.3 is 0 Å². The van der Waals surface area contributed by atoms with Gasteiger partial charge in [0.1, 0.15) is 11.5 Å². The van der Waals surface area contributed by atoms with Gasteiger partial charge in [0.15, 0.2) is 0 Å². The lowest BCUT2D eigenvalue weighted by Crippen LogP contribution is -2.50. The van der Waals surface area contributed by atoms with Crippen LogP contribution in [0.25, 0.3) is 0 Å². The van der Waals surface area contributed by atoms with Crippen molar-refractivity contribution < 1.29 is 14.3 Å². The Labute approximate surface area is 144 Å². The molecular formula is C16H26ClN3O3. The average molecular weight is 344 g/mol. The van der Waals surface area contributed by atoms with Crippen molar-refractivity contribution in [2.75, 3.05) is 54.0 Å². The molecule has 2 rings (SSSR count). The molecule has 0 bridgehead atoms. The molecular weight excluding hydrogens is 318 g/mol. The molecule has 1 aliphatic heterocycles. The van der Waals surface area contributed by atoms with Crippen LogP contribution in [-0.2, 0) is 11.3 Å². The molecule has 1 N–H and O–H groups in total. The van der Waals surface area contributed by atoms with Crippen LogP contribution in [0.2, 0.25) is 0 Å². The average Bonchev–Trinajstić information content (AvgIpc) is 2.55. The number of methoxy groups -OCH3 is 2. The summed E-state index contributed by atoms with van der Waals surface area (Å²) in [7, 11) is 5.14. The lowest BCUT2D eigenvalue weighted by Gasteiger charge is -2.35. The van der Waals surface area contributed by atoms with Crippen LogP contribution in [0.5, 0.6) is 11.5 Å². The van der Waals surface area contributed by atoms with Crippen molar-refractivity contribution in [3.05, 3.63) is 23.8 Å². The number of carbonyl (C=O) groups excluding carboxylic acids is 1. The molecule has 0 atom stereocenters. The molecule has 0 radical (unpaired) electrons. The maximum Gasteiger partial charge on any atom is 0.236 e. The van der Waals surface area contributed by atoms with E-state index in [9.17, 15) is 4.79 Å². The monoisotopic (exact) mass is 343 g/mol. The molecule has 0 unspecified atom stereocenters. The maximum atomic E-state index is 11.9. The van der Waals surface area contributed by atoms with Crippen molar-refractivity contribution >= 4 is 18.3 Å². The van der Waals surface area contributed by atoms with Crippen molar-refractivity contribution in [2.45, 2.75) is 6.54 Å². The summed E-state index contributed by atoms with van der Waals surface area (Å²) < 4.78 is 10.7. The van der Waals surface area contributed by atoms with Gasteiger partial charge in [0, 0.05) is 38.3 Å². The van der Waals surface area contributed by atoms with E-state index in [2.05, 4.69) is 10.2 Å². The van der Waals surface area contributed by atoms with Gasteiger partial charge in [0.05, 0.1) is 20.8 Å². The Morgan fingerprint density at radius 3 is 2.43 bits per heavy atom. The van der Waals surface area contributed by atoms with E-state index in [-0.39, 0.29) is 18.3 Å². The molecule has 1 aliphatic rings. The Bertz CT molecular complexity index is 505. The molecule has 0 aromatic heterocycles. The summed E-state index contributed by atoms with van der Waals surface area (Å²) in [5.41, 5.74) is 1.11. The van der Waals surface area contributed by atoms with Gasteiger partial charge < -0.3 is 19.7 Å². The van der Waals surface area contributed by atoms with E-state index >= 15 is 0 Å². The van der Waals surface area contributed by atoms with Gasteiger partial charge in [0.25, 0.3) is 0 Å². The molecule has 1 aromatic rings. The Morgan fingerprint density at radius 2 is 1.87 bits per heavy atom. The van der Waals surface area contributed by atoms with Crippen molar-refractivity contribution in [1.29, 1.82) is 0 Å². The zero-order valence-electron chi connectivity index (χ0n) is 14.0. The number of hydrogen-bond acceptors (Lipinski definition) is 5.